The number of hydrogen-bond acceptors (Lipinski definition) is 3. The molecule has 0 fully saturated rings. The third kappa shape index (κ3) is 5.43. The lowest BCUT2D eigenvalue weighted by atomic mass is 10.1. The predicted molar refractivity (Wildman–Crippen MR) is 96.9 cm³/mol. The molecule has 0 amide bonds. The monoisotopic (exact) mass is 305 g/mol. The molecule has 0 aliphatic carbocycles. The van der Waals surface area contributed by atoms with Gasteiger partial charge in [-0.3, -0.25) is 9.79 Å². The van der Waals surface area contributed by atoms with Crippen LogP contribution in [0, 0.1) is 0 Å². The van der Waals surface area contributed by atoms with Gasteiger partial charge in [-0.15, -0.1) is 11.3 Å². The van der Waals surface area contributed by atoms with E-state index < -0.39 is 0 Å². The van der Waals surface area contributed by atoms with E-state index in [0.717, 1.165) is 11.3 Å². The molecule has 2 rings (SSSR count). The Morgan fingerprint density at radius 2 is 1.76 bits per heavy atom. The molecule has 1 heterocycles. The maximum absolute atomic E-state index is 11.9. The summed E-state index contributed by atoms with van der Waals surface area (Å²) in [6.07, 6.45) is 1.43. The average molecular weight is 305 g/mol. The molecule has 0 atom stereocenters. The van der Waals surface area contributed by atoms with Crippen LogP contribution in [0.4, 0.5) is 0 Å². The Balaban J connectivity index is 0.000000921. The normalized spacial score (nSPS) is 10.3. The zero-order chi connectivity index (χ0) is 16.3. The number of benzene rings is 1. The molecule has 0 spiro atoms. The van der Waals surface area contributed by atoms with Crippen molar-refractivity contribution in [1.82, 2.24) is 0 Å². The zero-order valence-electron chi connectivity index (χ0n) is 14.1. The predicted octanol–water partition coefficient (Wildman–Crippen LogP) is 5.74. The number of rotatable bonds is 4. The van der Waals surface area contributed by atoms with Crippen LogP contribution >= 0.6 is 11.3 Å². The number of aliphatic imine (C=N–C) groups is 1. The lowest BCUT2D eigenvalue weighted by Crippen LogP contribution is -2.13. The van der Waals surface area contributed by atoms with Crippen molar-refractivity contribution < 1.29 is 4.79 Å². The highest BCUT2D eigenvalue weighted by Gasteiger charge is 2.14. The Hall–Kier alpha value is -1.48. The number of thiophene rings is 1. The second-order valence-electron chi connectivity index (χ2n) is 3.89. The van der Waals surface area contributed by atoms with Crippen LogP contribution < -0.4 is 0 Å². The van der Waals surface area contributed by atoms with Gasteiger partial charge in [0.05, 0.1) is 4.88 Å². The summed E-state index contributed by atoms with van der Waals surface area (Å²) in [5.41, 5.74) is 0.619. The Labute approximate surface area is 132 Å². The Bertz CT molecular complexity index is 536. The van der Waals surface area contributed by atoms with Crippen LogP contribution in [0.3, 0.4) is 0 Å². The van der Waals surface area contributed by atoms with Crippen molar-refractivity contribution in [2.45, 2.75) is 47.5 Å². The molecule has 21 heavy (non-hydrogen) atoms. The van der Waals surface area contributed by atoms with E-state index in [1.54, 1.807) is 18.4 Å². The largest absolute Gasteiger partial charge is 0.292 e. The molecule has 0 radical (unpaired) electrons. The van der Waals surface area contributed by atoms with Gasteiger partial charge >= 0.3 is 0 Å². The Morgan fingerprint density at radius 3 is 2.29 bits per heavy atom. The van der Waals surface area contributed by atoms with E-state index in [9.17, 15) is 4.79 Å². The topological polar surface area (TPSA) is 29.4 Å². The van der Waals surface area contributed by atoms with Crippen molar-refractivity contribution in [2.24, 2.45) is 4.99 Å². The first-order valence-corrected chi connectivity index (χ1v) is 8.57. The number of carbonyl (C=O) groups excluding carboxylic acids is 1. The molecule has 0 saturated carbocycles. The Kier molecular flexibility index (Phi) is 10.4. The molecule has 0 bridgehead atoms. The third-order valence-corrected chi connectivity index (χ3v) is 3.75. The lowest BCUT2D eigenvalue weighted by molar-refractivity contribution is -0.112. The molecule has 3 heteroatoms. The van der Waals surface area contributed by atoms with Gasteiger partial charge in [-0.25, -0.2) is 0 Å². The highest BCUT2D eigenvalue weighted by molar-refractivity contribution is 7.21. The first-order valence-electron chi connectivity index (χ1n) is 7.75. The fourth-order valence-electron chi connectivity index (χ4n) is 1.82. The molecular formula is C18H27NOS. The molecular weight excluding hydrogens is 278 g/mol. The third-order valence-electron chi connectivity index (χ3n) is 2.62. The number of nitrogens with zero attached hydrogens (tertiary/aromatic N) is 1. The molecule has 1 aromatic carbocycles. The van der Waals surface area contributed by atoms with Gasteiger partial charge in [0.2, 0.25) is 0 Å². The maximum Gasteiger partial charge on any atom is 0.182 e. The fraction of sp³-hybridized carbons (Fsp3) is 0.444. The summed E-state index contributed by atoms with van der Waals surface area (Å²) in [5.74, 6) is 0.140. The molecule has 0 aliphatic heterocycles. The van der Waals surface area contributed by atoms with Crippen molar-refractivity contribution >= 4 is 32.9 Å². The lowest BCUT2D eigenvalue weighted by Gasteiger charge is -1.99. The number of ketones is 1. The molecule has 0 saturated heterocycles. The minimum Gasteiger partial charge on any atom is -0.292 e. The van der Waals surface area contributed by atoms with Gasteiger partial charge in [-0.2, -0.15) is 0 Å². The van der Waals surface area contributed by atoms with Crippen molar-refractivity contribution in [3.05, 3.63) is 35.2 Å². The highest BCUT2D eigenvalue weighted by atomic mass is 32.1. The van der Waals surface area contributed by atoms with Gasteiger partial charge < -0.3 is 0 Å². The van der Waals surface area contributed by atoms with Gasteiger partial charge in [0.15, 0.2) is 5.78 Å². The second kappa shape index (κ2) is 11.2. The van der Waals surface area contributed by atoms with Crippen LogP contribution in [0.5, 0.6) is 0 Å². The number of carbonyl (C=O) groups is 1. The molecule has 1 aromatic heterocycles. The van der Waals surface area contributed by atoms with E-state index in [0.29, 0.717) is 12.1 Å². The van der Waals surface area contributed by atoms with E-state index in [1.165, 1.54) is 10.1 Å². The second-order valence-corrected chi connectivity index (χ2v) is 4.98. The molecule has 0 aliphatic rings. The number of Topliss-reactive ketones (excluding diaryl/α,β-unsaturated/α-hetero) is 1. The van der Waals surface area contributed by atoms with E-state index in [4.69, 9.17) is 0 Å². The van der Waals surface area contributed by atoms with Gasteiger partial charge in [-0.1, -0.05) is 52.8 Å². The fourth-order valence-corrected chi connectivity index (χ4v) is 2.93. The van der Waals surface area contributed by atoms with E-state index >= 15 is 0 Å². The van der Waals surface area contributed by atoms with E-state index in [2.05, 4.69) is 23.2 Å². The SMILES string of the molecule is CC.CC.CCCC(=O)C(=NC)c1cc2ccccc2s1. The summed E-state index contributed by atoms with van der Waals surface area (Å²) >= 11 is 1.63. The highest BCUT2D eigenvalue weighted by Crippen LogP contribution is 2.26. The summed E-state index contributed by atoms with van der Waals surface area (Å²) in [6, 6.07) is 10.2. The first kappa shape index (κ1) is 19.5. The molecule has 2 nitrogen and oxygen atoms in total. The quantitative estimate of drug-likeness (QED) is 0.662. The minimum atomic E-state index is 0.140. The smallest absolute Gasteiger partial charge is 0.182 e. The van der Waals surface area contributed by atoms with Gasteiger partial charge in [0, 0.05) is 18.2 Å². The molecule has 2 aromatic rings. The molecule has 0 N–H and O–H groups in total. The van der Waals surface area contributed by atoms with Crippen molar-refractivity contribution in [3.63, 3.8) is 0 Å². The summed E-state index contributed by atoms with van der Waals surface area (Å²) in [7, 11) is 1.69. The summed E-state index contributed by atoms with van der Waals surface area (Å²) < 4.78 is 1.20. The molecule has 116 valence electrons. The summed E-state index contributed by atoms with van der Waals surface area (Å²) in [4.78, 5) is 17.1. The van der Waals surface area contributed by atoms with Crippen molar-refractivity contribution in [3.8, 4) is 0 Å². The van der Waals surface area contributed by atoms with Crippen LogP contribution in [0.2, 0.25) is 0 Å². The van der Waals surface area contributed by atoms with Crippen LogP contribution in [0.25, 0.3) is 10.1 Å². The zero-order valence-corrected chi connectivity index (χ0v) is 14.9. The van der Waals surface area contributed by atoms with Crippen molar-refractivity contribution in [1.29, 1.82) is 0 Å². The maximum atomic E-state index is 11.9. The van der Waals surface area contributed by atoms with Gasteiger partial charge in [-0.05, 0) is 23.9 Å². The van der Waals surface area contributed by atoms with Crippen LogP contribution in [0.1, 0.15) is 52.3 Å². The van der Waals surface area contributed by atoms with Gasteiger partial charge in [0.25, 0.3) is 0 Å². The number of fused-ring (bicyclic) bond motifs is 1. The summed E-state index contributed by atoms with van der Waals surface area (Å²) in [6.45, 7) is 10.0. The van der Waals surface area contributed by atoms with Crippen molar-refractivity contribution in [2.75, 3.05) is 7.05 Å². The minimum absolute atomic E-state index is 0.140. The summed E-state index contributed by atoms with van der Waals surface area (Å²) in [5, 5.41) is 1.18. The first-order chi connectivity index (χ1) is 10.3. The van der Waals surface area contributed by atoms with Crippen LogP contribution in [-0.2, 0) is 4.79 Å². The Morgan fingerprint density at radius 1 is 1.14 bits per heavy atom. The van der Waals surface area contributed by atoms with Gasteiger partial charge in [0.1, 0.15) is 5.71 Å². The van der Waals surface area contributed by atoms with Crippen LogP contribution in [0.15, 0.2) is 35.3 Å². The molecule has 0 unspecified atom stereocenters. The number of hydrogen-bond donors (Lipinski definition) is 0. The average Bonchev–Trinajstić information content (AvgIpc) is 2.96. The van der Waals surface area contributed by atoms with Crippen LogP contribution in [-0.4, -0.2) is 18.5 Å². The van der Waals surface area contributed by atoms with E-state index in [-0.39, 0.29) is 5.78 Å². The van der Waals surface area contributed by atoms with E-state index in [1.807, 2.05) is 46.8 Å². The standard InChI is InChI=1S/C14H15NOS.2C2H6/c1-3-6-11(16)14(15-2)13-9-10-7-4-5-8-12(10)17-13;2*1-2/h4-5,7-9H,3,6H2,1-2H3;2*1-2H3.